The highest BCUT2D eigenvalue weighted by Gasteiger charge is 2.30. The van der Waals surface area contributed by atoms with Crippen molar-refractivity contribution in [1.29, 1.82) is 0 Å². The van der Waals surface area contributed by atoms with E-state index in [0.29, 0.717) is 18.0 Å². The first-order valence-corrected chi connectivity index (χ1v) is 8.71. The Morgan fingerprint density at radius 2 is 1.96 bits per heavy atom. The summed E-state index contributed by atoms with van der Waals surface area (Å²) in [5.41, 5.74) is 1.80. The fraction of sp³-hybridized carbons (Fsp3) is 0.238. The predicted octanol–water partition coefficient (Wildman–Crippen LogP) is 3.47. The summed E-state index contributed by atoms with van der Waals surface area (Å²) in [6.45, 7) is 5.78. The molecule has 0 fully saturated rings. The van der Waals surface area contributed by atoms with Crippen LogP contribution in [-0.4, -0.2) is 25.8 Å². The lowest BCUT2D eigenvalue weighted by Gasteiger charge is -2.21. The van der Waals surface area contributed by atoms with Crippen molar-refractivity contribution in [3.05, 3.63) is 84.0 Å². The number of carbonyl (C=O) groups is 2. The number of alkyl carbamates (subject to hydrolysis) is 1. The lowest BCUT2D eigenvalue weighted by atomic mass is 10.0. The number of amides is 1. The number of furan rings is 1. The predicted molar refractivity (Wildman–Crippen MR) is 104 cm³/mol. The van der Waals surface area contributed by atoms with E-state index in [9.17, 15) is 9.59 Å². The number of hydrogen-bond acceptors (Lipinski definition) is 6. The van der Waals surface area contributed by atoms with Crippen LogP contribution < -0.4 is 10.6 Å². The van der Waals surface area contributed by atoms with Crippen LogP contribution in [0.3, 0.4) is 0 Å². The highest BCUT2D eigenvalue weighted by Crippen LogP contribution is 2.26. The molecule has 1 heterocycles. The fourth-order valence-corrected chi connectivity index (χ4v) is 2.56. The Labute approximate surface area is 164 Å². The highest BCUT2D eigenvalue weighted by molar-refractivity contribution is 5.91. The monoisotopic (exact) mass is 384 g/mol. The van der Waals surface area contributed by atoms with Gasteiger partial charge in [0.15, 0.2) is 0 Å². The molecule has 1 atom stereocenters. The minimum absolute atomic E-state index is 0.0409. The molecule has 0 spiro atoms. The molecule has 0 radical (unpaired) electrons. The average molecular weight is 384 g/mol. The summed E-state index contributed by atoms with van der Waals surface area (Å²) in [6.07, 6.45) is 2.20. The molecule has 0 aliphatic rings. The molecule has 0 aliphatic heterocycles. The lowest BCUT2D eigenvalue weighted by Crippen LogP contribution is -2.34. The van der Waals surface area contributed by atoms with Gasteiger partial charge in [-0.05, 0) is 24.6 Å². The minimum Gasteiger partial charge on any atom is -0.467 e. The number of allylic oxidation sites excluding steroid dienone is 1. The Morgan fingerprint density at radius 3 is 2.57 bits per heavy atom. The zero-order valence-electron chi connectivity index (χ0n) is 15.9. The summed E-state index contributed by atoms with van der Waals surface area (Å²) in [5, 5.41) is 5.85. The van der Waals surface area contributed by atoms with Crippen LogP contribution in [0.2, 0.25) is 0 Å². The van der Waals surface area contributed by atoms with E-state index >= 15 is 0 Å². The number of nitrogens with one attached hydrogen (secondary N) is 2. The molecule has 0 aliphatic carbocycles. The Morgan fingerprint density at radius 1 is 1.21 bits per heavy atom. The second-order valence-electron chi connectivity index (χ2n) is 5.85. The number of rotatable bonds is 9. The minimum atomic E-state index is -0.886. The van der Waals surface area contributed by atoms with Crippen molar-refractivity contribution in [2.45, 2.75) is 19.5 Å². The van der Waals surface area contributed by atoms with Crippen molar-refractivity contribution in [3.8, 4) is 0 Å². The third-order valence-corrected chi connectivity index (χ3v) is 3.92. The van der Waals surface area contributed by atoms with Gasteiger partial charge in [0.2, 0.25) is 0 Å². The standard InChI is InChI=1S/C21H24N2O5/c1-4-12-28-21(25)23-19(17-11-8-13-27-17)18(20(24)26-3)15(2)22-14-16-9-6-5-7-10-16/h4-11,13,19,22H,1,12,14H2,2-3H3,(H,23,25)/b18-15-/t19-/m0/s1. The van der Waals surface area contributed by atoms with Crippen LogP contribution in [0.15, 0.2) is 77.1 Å². The molecule has 0 saturated heterocycles. The fourth-order valence-electron chi connectivity index (χ4n) is 2.56. The first kappa shape index (κ1) is 20.8. The quantitative estimate of drug-likeness (QED) is 0.391. The summed E-state index contributed by atoms with van der Waals surface area (Å²) in [7, 11) is 1.28. The molecule has 0 unspecified atom stereocenters. The van der Waals surface area contributed by atoms with Crippen molar-refractivity contribution in [2.75, 3.05) is 13.7 Å². The molecular formula is C21H24N2O5. The largest absolute Gasteiger partial charge is 0.467 e. The van der Waals surface area contributed by atoms with Crippen molar-refractivity contribution in [3.63, 3.8) is 0 Å². The zero-order chi connectivity index (χ0) is 20.4. The van der Waals surface area contributed by atoms with E-state index in [1.165, 1.54) is 19.4 Å². The zero-order valence-corrected chi connectivity index (χ0v) is 15.9. The molecule has 0 saturated carbocycles. The maximum atomic E-state index is 12.5. The number of ether oxygens (including phenoxy) is 2. The van der Waals surface area contributed by atoms with Gasteiger partial charge >= 0.3 is 12.1 Å². The maximum absolute atomic E-state index is 12.5. The van der Waals surface area contributed by atoms with E-state index in [2.05, 4.69) is 17.2 Å². The van der Waals surface area contributed by atoms with Crippen LogP contribution in [-0.2, 0) is 20.8 Å². The van der Waals surface area contributed by atoms with Crippen LogP contribution in [0, 0.1) is 0 Å². The Bertz CT molecular complexity index is 813. The van der Waals surface area contributed by atoms with E-state index in [1.807, 2.05) is 30.3 Å². The van der Waals surface area contributed by atoms with Crippen molar-refractivity contribution < 1.29 is 23.5 Å². The van der Waals surface area contributed by atoms with Gasteiger partial charge < -0.3 is 24.5 Å². The molecule has 1 aromatic carbocycles. The topological polar surface area (TPSA) is 89.8 Å². The maximum Gasteiger partial charge on any atom is 0.408 e. The van der Waals surface area contributed by atoms with Crippen molar-refractivity contribution in [2.24, 2.45) is 0 Å². The first-order valence-electron chi connectivity index (χ1n) is 8.71. The van der Waals surface area contributed by atoms with E-state index < -0.39 is 18.1 Å². The van der Waals surface area contributed by atoms with Crippen LogP contribution >= 0.6 is 0 Å². The summed E-state index contributed by atoms with van der Waals surface area (Å²) < 4.78 is 15.4. The SMILES string of the molecule is C=CCOC(=O)N[C@H](/C(C(=O)OC)=C(\C)NCc1ccccc1)c1ccco1. The highest BCUT2D eigenvalue weighted by atomic mass is 16.5. The van der Waals surface area contributed by atoms with Gasteiger partial charge in [-0.25, -0.2) is 9.59 Å². The molecule has 0 bridgehead atoms. The van der Waals surface area contributed by atoms with E-state index in [-0.39, 0.29) is 12.2 Å². The number of benzene rings is 1. The molecule has 1 amide bonds. The smallest absolute Gasteiger partial charge is 0.408 e. The van der Waals surface area contributed by atoms with Gasteiger partial charge in [-0.15, -0.1) is 0 Å². The summed E-state index contributed by atoms with van der Waals surface area (Å²) in [4.78, 5) is 24.6. The number of hydrogen-bond donors (Lipinski definition) is 2. The summed E-state index contributed by atoms with van der Waals surface area (Å²) in [6, 6.07) is 12.2. The Balaban J connectivity index is 2.32. The van der Waals surface area contributed by atoms with Gasteiger partial charge in [-0.1, -0.05) is 43.0 Å². The molecule has 2 aromatic rings. The molecule has 1 aromatic heterocycles. The first-order chi connectivity index (χ1) is 13.6. The molecule has 28 heavy (non-hydrogen) atoms. The number of carbonyl (C=O) groups excluding carboxylic acids is 2. The van der Waals surface area contributed by atoms with Crippen LogP contribution in [0.5, 0.6) is 0 Å². The molecule has 2 rings (SSSR count). The average Bonchev–Trinajstić information content (AvgIpc) is 3.25. The Kier molecular flexibility index (Phi) is 7.90. The van der Waals surface area contributed by atoms with Gasteiger partial charge in [0, 0.05) is 12.2 Å². The van der Waals surface area contributed by atoms with E-state index in [1.54, 1.807) is 19.1 Å². The van der Waals surface area contributed by atoms with Crippen molar-refractivity contribution >= 4 is 12.1 Å². The van der Waals surface area contributed by atoms with Gasteiger partial charge in [-0.2, -0.15) is 0 Å². The molecule has 7 nitrogen and oxygen atoms in total. The van der Waals surface area contributed by atoms with Crippen molar-refractivity contribution in [1.82, 2.24) is 10.6 Å². The third kappa shape index (κ3) is 5.77. The molecule has 148 valence electrons. The molecule has 2 N–H and O–H groups in total. The second-order valence-corrected chi connectivity index (χ2v) is 5.85. The van der Waals surface area contributed by atoms with Gasteiger partial charge in [-0.3, -0.25) is 0 Å². The van der Waals surface area contributed by atoms with Gasteiger partial charge in [0.05, 0.1) is 18.9 Å². The summed E-state index contributed by atoms with van der Waals surface area (Å²) in [5.74, 6) is -0.222. The van der Waals surface area contributed by atoms with E-state index in [4.69, 9.17) is 13.9 Å². The second kappa shape index (κ2) is 10.6. The van der Waals surface area contributed by atoms with Crippen LogP contribution in [0.25, 0.3) is 0 Å². The Hall–Kier alpha value is -3.48. The normalized spacial score (nSPS) is 12.4. The lowest BCUT2D eigenvalue weighted by molar-refractivity contribution is -0.136. The van der Waals surface area contributed by atoms with Gasteiger partial charge in [0.25, 0.3) is 0 Å². The van der Waals surface area contributed by atoms with E-state index in [0.717, 1.165) is 5.56 Å². The number of methoxy groups -OCH3 is 1. The third-order valence-electron chi connectivity index (χ3n) is 3.92. The number of esters is 1. The van der Waals surface area contributed by atoms with Crippen LogP contribution in [0.1, 0.15) is 24.3 Å². The molecular weight excluding hydrogens is 360 g/mol. The summed E-state index contributed by atoms with van der Waals surface area (Å²) >= 11 is 0. The molecule has 7 heteroatoms. The van der Waals surface area contributed by atoms with Crippen LogP contribution in [0.4, 0.5) is 4.79 Å². The van der Waals surface area contributed by atoms with Gasteiger partial charge in [0.1, 0.15) is 18.4 Å².